The minimum Gasteiger partial charge on any atom is -0.478 e. The number of carboxylic acids is 2. The Hall–Kier alpha value is -3.97. The lowest BCUT2D eigenvalue weighted by molar-refractivity contribution is -0.134. The van der Waals surface area contributed by atoms with Crippen LogP contribution in [0, 0.1) is 11.8 Å². The maximum absolute atomic E-state index is 14.9. The molecule has 0 saturated carbocycles. The van der Waals surface area contributed by atoms with Crippen molar-refractivity contribution in [3.63, 3.8) is 0 Å². The van der Waals surface area contributed by atoms with Crippen molar-refractivity contribution in [3.05, 3.63) is 78.5 Å². The van der Waals surface area contributed by atoms with Crippen LogP contribution in [0.4, 0.5) is 8.78 Å². The van der Waals surface area contributed by atoms with Crippen LogP contribution in [0.15, 0.2) is 66.1 Å². The largest absolute Gasteiger partial charge is 0.478 e. The second-order valence-corrected chi connectivity index (χ2v) is 8.00. The van der Waals surface area contributed by atoms with Gasteiger partial charge in [0.1, 0.15) is 10.6 Å². The topological polar surface area (TPSA) is 151 Å². The Morgan fingerprint density at radius 3 is 2.27 bits per heavy atom. The summed E-state index contributed by atoms with van der Waals surface area (Å²) in [6.07, 6.45) is 6.02. The van der Waals surface area contributed by atoms with Crippen molar-refractivity contribution < 1.29 is 37.0 Å². The third-order valence-corrected chi connectivity index (χ3v) is 5.57. The SMILES string of the molecule is CNCc1cn(S(=O)(=O)c2cccnc2)c(-c2cccnc2F)c1F.O=C(O)/C=C/C(=O)O. The number of hydrogen-bond acceptors (Lipinski definition) is 7. The van der Waals surface area contributed by atoms with Crippen LogP contribution in [-0.2, 0) is 26.2 Å². The first-order chi connectivity index (χ1) is 15.6. The van der Waals surface area contributed by atoms with Crippen LogP contribution >= 0.6 is 0 Å². The highest BCUT2D eigenvalue weighted by atomic mass is 32.2. The van der Waals surface area contributed by atoms with Crippen LogP contribution in [-0.4, -0.2) is 51.6 Å². The summed E-state index contributed by atoms with van der Waals surface area (Å²) in [4.78, 5) is 26.2. The van der Waals surface area contributed by atoms with Gasteiger partial charge in [0, 0.05) is 49.0 Å². The highest BCUT2D eigenvalue weighted by molar-refractivity contribution is 7.90. The van der Waals surface area contributed by atoms with Crippen LogP contribution in [0.25, 0.3) is 11.3 Å². The molecule has 3 N–H and O–H groups in total. The van der Waals surface area contributed by atoms with Gasteiger partial charge in [-0.2, -0.15) is 4.39 Å². The first kappa shape index (κ1) is 25.3. The van der Waals surface area contributed by atoms with E-state index >= 15 is 0 Å². The fraction of sp³-hybridized carbons (Fsp3) is 0.100. The fourth-order valence-corrected chi connectivity index (χ4v) is 3.93. The zero-order chi connectivity index (χ0) is 24.6. The van der Waals surface area contributed by atoms with Gasteiger partial charge >= 0.3 is 11.9 Å². The average Bonchev–Trinajstić information content (AvgIpc) is 3.11. The van der Waals surface area contributed by atoms with Gasteiger partial charge in [-0.15, -0.1) is 0 Å². The summed E-state index contributed by atoms with van der Waals surface area (Å²) < 4.78 is 55.5. The first-order valence-electron chi connectivity index (χ1n) is 9.04. The molecule has 0 aliphatic heterocycles. The molecule has 0 spiro atoms. The molecule has 0 aliphatic rings. The van der Waals surface area contributed by atoms with E-state index in [1.807, 2.05) is 0 Å². The molecule has 0 atom stereocenters. The van der Waals surface area contributed by atoms with Crippen molar-refractivity contribution in [1.82, 2.24) is 19.3 Å². The molecule has 0 fully saturated rings. The number of carbonyl (C=O) groups is 2. The zero-order valence-electron chi connectivity index (χ0n) is 17.0. The van der Waals surface area contributed by atoms with Gasteiger partial charge in [-0.05, 0) is 31.3 Å². The van der Waals surface area contributed by atoms with E-state index < -0.39 is 39.4 Å². The lowest BCUT2D eigenvalue weighted by Crippen LogP contribution is -2.14. The number of aromatic nitrogens is 3. The molecule has 3 heterocycles. The summed E-state index contributed by atoms with van der Waals surface area (Å²) in [7, 11) is -2.57. The average molecular weight is 480 g/mol. The van der Waals surface area contributed by atoms with E-state index in [4.69, 9.17) is 10.2 Å². The fourth-order valence-electron chi connectivity index (χ4n) is 2.57. The predicted octanol–water partition coefficient (Wildman–Crippen LogP) is 1.89. The molecule has 0 amide bonds. The van der Waals surface area contributed by atoms with Crippen molar-refractivity contribution in [2.45, 2.75) is 11.4 Å². The molecule has 33 heavy (non-hydrogen) atoms. The molecule has 3 rings (SSSR count). The number of nitrogens with zero attached hydrogens (tertiary/aromatic N) is 3. The highest BCUT2D eigenvalue weighted by Crippen LogP contribution is 2.31. The Bertz CT molecular complexity index is 1260. The van der Waals surface area contributed by atoms with Crippen LogP contribution in [0.2, 0.25) is 0 Å². The maximum Gasteiger partial charge on any atom is 0.328 e. The Morgan fingerprint density at radius 1 is 1.12 bits per heavy atom. The Kier molecular flexibility index (Phi) is 8.48. The molecule has 3 aromatic rings. The van der Waals surface area contributed by atoms with Crippen molar-refractivity contribution in [2.75, 3.05) is 7.05 Å². The van der Waals surface area contributed by atoms with Crippen molar-refractivity contribution in [2.24, 2.45) is 0 Å². The molecular weight excluding hydrogens is 462 g/mol. The van der Waals surface area contributed by atoms with Crippen LogP contribution in [0.3, 0.4) is 0 Å². The summed E-state index contributed by atoms with van der Waals surface area (Å²) in [6, 6.07) is 5.47. The molecule has 0 saturated heterocycles. The van der Waals surface area contributed by atoms with Gasteiger partial charge in [-0.25, -0.2) is 31.4 Å². The van der Waals surface area contributed by atoms with E-state index in [2.05, 4.69) is 15.3 Å². The molecule has 0 aromatic carbocycles. The normalized spacial score (nSPS) is 11.1. The molecule has 10 nitrogen and oxygen atoms in total. The number of rotatable bonds is 7. The minimum absolute atomic E-state index is 0.0796. The van der Waals surface area contributed by atoms with Crippen molar-refractivity contribution >= 4 is 22.0 Å². The molecule has 3 aromatic heterocycles. The third-order valence-electron chi connectivity index (χ3n) is 3.92. The summed E-state index contributed by atoms with van der Waals surface area (Å²) in [5.74, 6) is -4.30. The van der Waals surface area contributed by atoms with Crippen LogP contribution < -0.4 is 5.32 Å². The molecule has 0 bridgehead atoms. The van der Waals surface area contributed by atoms with E-state index in [1.165, 1.54) is 36.7 Å². The summed E-state index contributed by atoms with van der Waals surface area (Å²) in [5.41, 5.74) is -0.553. The number of hydrogen-bond donors (Lipinski definition) is 3. The first-order valence-corrected chi connectivity index (χ1v) is 10.5. The summed E-state index contributed by atoms with van der Waals surface area (Å²) >= 11 is 0. The monoisotopic (exact) mass is 480 g/mol. The van der Waals surface area contributed by atoms with Gasteiger partial charge in [0.05, 0.1) is 5.56 Å². The van der Waals surface area contributed by atoms with Crippen molar-refractivity contribution in [1.29, 1.82) is 0 Å². The van der Waals surface area contributed by atoms with Gasteiger partial charge in [0.15, 0.2) is 5.82 Å². The van der Waals surface area contributed by atoms with E-state index in [9.17, 15) is 26.8 Å². The molecule has 174 valence electrons. The minimum atomic E-state index is -4.16. The predicted molar refractivity (Wildman–Crippen MR) is 112 cm³/mol. The van der Waals surface area contributed by atoms with Gasteiger partial charge in [-0.1, -0.05) is 0 Å². The van der Waals surface area contributed by atoms with E-state index in [1.54, 1.807) is 7.05 Å². The number of nitrogens with one attached hydrogen (secondary N) is 1. The lowest BCUT2D eigenvalue weighted by Gasteiger charge is -2.10. The van der Waals surface area contributed by atoms with E-state index in [0.29, 0.717) is 12.2 Å². The Morgan fingerprint density at radius 2 is 1.76 bits per heavy atom. The van der Waals surface area contributed by atoms with E-state index in [0.717, 1.165) is 16.4 Å². The Balaban J connectivity index is 0.000000414. The van der Waals surface area contributed by atoms with Crippen molar-refractivity contribution in [3.8, 4) is 11.3 Å². The molecule has 0 unspecified atom stereocenters. The van der Waals surface area contributed by atoms with Gasteiger partial charge < -0.3 is 15.5 Å². The van der Waals surface area contributed by atoms with E-state index in [-0.39, 0.29) is 22.6 Å². The number of carboxylic acid groups (broad SMARTS) is 2. The zero-order valence-corrected chi connectivity index (χ0v) is 17.8. The number of aliphatic carboxylic acids is 2. The van der Waals surface area contributed by atoms with Crippen LogP contribution in [0.1, 0.15) is 5.56 Å². The number of pyridine rings is 2. The summed E-state index contributed by atoms with van der Waals surface area (Å²) in [5, 5.41) is 18.4. The third kappa shape index (κ3) is 6.27. The Labute approximate surface area is 186 Å². The molecule has 0 radical (unpaired) electrons. The smallest absolute Gasteiger partial charge is 0.328 e. The lowest BCUT2D eigenvalue weighted by atomic mass is 10.2. The quantitative estimate of drug-likeness (QED) is 0.340. The van der Waals surface area contributed by atoms with Gasteiger partial charge in [0.2, 0.25) is 5.95 Å². The second kappa shape index (κ2) is 11.1. The number of halogens is 2. The molecule has 13 heteroatoms. The highest BCUT2D eigenvalue weighted by Gasteiger charge is 2.28. The summed E-state index contributed by atoms with van der Waals surface area (Å²) in [6.45, 7) is 0.0796. The van der Waals surface area contributed by atoms with Gasteiger partial charge in [0.25, 0.3) is 10.0 Å². The van der Waals surface area contributed by atoms with Gasteiger partial charge in [-0.3, -0.25) is 4.98 Å². The second-order valence-electron chi connectivity index (χ2n) is 6.19. The standard InChI is InChI=1S/C16H14F2N4O2S.C4H4O4/c1-19-8-11-10-22(25(23,24)12-4-2-6-20-9-12)15(14(11)17)13-5-3-7-21-16(13)18;5-3(6)1-2-4(7)8/h2-7,9-10,19H,8H2,1H3;1-2H,(H,5,6)(H,7,8)/b;2-1+. The maximum atomic E-state index is 14.9. The van der Waals surface area contributed by atoms with Crippen LogP contribution in [0.5, 0.6) is 0 Å². The molecule has 0 aliphatic carbocycles. The molecular formula is C20H18F2N4O6S.